The molecule has 86 valence electrons. The average Bonchev–Trinajstić information content (AvgIpc) is 2.40. The quantitative estimate of drug-likeness (QED) is 0.877. The molecule has 0 saturated heterocycles. The van der Waals surface area contributed by atoms with Gasteiger partial charge in [-0.15, -0.1) is 0 Å². The molecule has 4 nitrogen and oxygen atoms in total. The first-order chi connectivity index (χ1) is 8.29. The van der Waals surface area contributed by atoms with Gasteiger partial charge in [-0.25, -0.2) is 4.98 Å². The fourth-order valence-electron chi connectivity index (χ4n) is 1.39. The van der Waals surface area contributed by atoms with Crippen molar-refractivity contribution in [1.29, 1.82) is 0 Å². The molecule has 0 aliphatic heterocycles. The molecule has 1 amide bonds. The molecule has 1 N–H and O–H groups in total. The van der Waals surface area contributed by atoms with Crippen molar-refractivity contribution in [3.05, 3.63) is 54.2 Å². The van der Waals surface area contributed by atoms with E-state index in [9.17, 15) is 4.79 Å². The minimum absolute atomic E-state index is 0.206. The Morgan fingerprint density at radius 2 is 2.12 bits per heavy atom. The number of rotatable bonds is 3. The van der Waals surface area contributed by atoms with E-state index in [0.717, 1.165) is 0 Å². The number of benzene rings is 1. The van der Waals surface area contributed by atoms with E-state index in [1.807, 2.05) is 6.07 Å². The van der Waals surface area contributed by atoms with Crippen LogP contribution in [0, 0.1) is 0 Å². The molecule has 0 saturated carbocycles. The molecule has 0 aliphatic carbocycles. The molecule has 1 heterocycles. The number of methoxy groups -OCH3 is 1. The van der Waals surface area contributed by atoms with E-state index in [-0.39, 0.29) is 5.91 Å². The average molecular weight is 228 g/mol. The molecule has 1 aromatic heterocycles. The van der Waals surface area contributed by atoms with Gasteiger partial charge in [0, 0.05) is 11.8 Å². The Morgan fingerprint density at radius 1 is 1.24 bits per heavy atom. The van der Waals surface area contributed by atoms with Crippen LogP contribution in [0.1, 0.15) is 10.4 Å². The van der Waals surface area contributed by atoms with Crippen LogP contribution in [-0.4, -0.2) is 18.0 Å². The number of nitrogens with one attached hydrogen (secondary N) is 1. The summed E-state index contributed by atoms with van der Waals surface area (Å²) in [6.07, 6.45) is 1.63. The molecule has 0 radical (unpaired) electrons. The second kappa shape index (κ2) is 5.12. The summed E-state index contributed by atoms with van der Waals surface area (Å²) in [5, 5.41) is 2.70. The van der Waals surface area contributed by atoms with Crippen molar-refractivity contribution in [2.75, 3.05) is 12.4 Å². The molecule has 0 spiro atoms. The van der Waals surface area contributed by atoms with Gasteiger partial charge in [0.05, 0.1) is 7.11 Å². The number of hydrogen-bond acceptors (Lipinski definition) is 3. The highest BCUT2D eigenvalue weighted by Gasteiger charge is 2.06. The molecule has 0 bridgehead atoms. The van der Waals surface area contributed by atoms with E-state index >= 15 is 0 Å². The lowest BCUT2D eigenvalue weighted by molar-refractivity contribution is 0.102. The van der Waals surface area contributed by atoms with Crippen molar-refractivity contribution < 1.29 is 9.53 Å². The fourth-order valence-corrected chi connectivity index (χ4v) is 1.39. The fraction of sp³-hybridized carbons (Fsp3) is 0.0769. The van der Waals surface area contributed by atoms with Gasteiger partial charge in [-0.3, -0.25) is 4.79 Å². The van der Waals surface area contributed by atoms with Gasteiger partial charge >= 0.3 is 0 Å². The Bertz CT molecular complexity index is 512. The smallest absolute Gasteiger partial charge is 0.256 e. The van der Waals surface area contributed by atoms with Gasteiger partial charge in [-0.1, -0.05) is 12.1 Å². The Morgan fingerprint density at radius 3 is 2.82 bits per heavy atom. The first-order valence-electron chi connectivity index (χ1n) is 5.16. The summed E-state index contributed by atoms with van der Waals surface area (Å²) in [7, 11) is 1.57. The first kappa shape index (κ1) is 11.1. The number of nitrogens with zero attached hydrogens (tertiary/aromatic N) is 1. The van der Waals surface area contributed by atoms with Crippen molar-refractivity contribution in [3.8, 4) is 5.75 Å². The lowest BCUT2D eigenvalue weighted by Crippen LogP contribution is -2.12. The number of ether oxygens (including phenoxy) is 1. The summed E-state index contributed by atoms with van der Waals surface area (Å²) < 4.78 is 5.06. The highest BCUT2D eigenvalue weighted by atomic mass is 16.5. The van der Waals surface area contributed by atoms with Crippen molar-refractivity contribution >= 4 is 11.7 Å². The van der Waals surface area contributed by atoms with Gasteiger partial charge in [-0.2, -0.15) is 0 Å². The van der Waals surface area contributed by atoms with Gasteiger partial charge in [-0.05, 0) is 30.3 Å². The third kappa shape index (κ3) is 2.81. The maximum Gasteiger partial charge on any atom is 0.256 e. The first-order valence-corrected chi connectivity index (χ1v) is 5.16. The number of hydrogen-bond donors (Lipinski definition) is 1. The van der Waals surface area contributed by atoms with Crippen LogP contribution in [0.15, 0.2) is 48.7 Å². The predicted molar refractivity (Wildman–Crippen MR) is 65.2 cm³/mol. The topological polar surface area (TPSA) is 51.2 Å². The van der Waals surface area contributed by atoms with Crippen LogP contribution in [0.3, 0.4) is 0 Å². The molecule has 2 rings (SSSR count). The molecule has 0 fully saturated rings. The second-order valence-corrected chi connectivity index (χ2v) is 3.40. The van der Waals surface area contributed by atoms with Crippen LogP contribution in [0.5, 0.6) is 5.75 Å². The monoisotopic (exact) mass is 228 g/mol. The molecular weight excluding hydrogens is 216 g/mol. The summed E-state index contributed by atoms with van der Waals surface area (Å²) in [6, 6.07) is 12.3. The van der Waals surface area contributed by atoms with Gasteiger partial charge in [0.25, 0.3) is 5.91 Å². The second-order valence-electron chi connectivity index (χ2n) is 3.40. The minimum atomic E-state index is -0.206. The molecule has 0 unspecified atom stereocenters. The van der Waals surface area contributed by atoms with E-state index in [1.165, 1.54) is 0 Å². The zero-order chi connectivity index (χ0) is 12.1. The maximum atomic E-state index is 11.9. The van der Waals surface area contributed by atoms with Crippen LogP contribution in [0.25, 0.3) is 0 Å². The summed E-state index contributed by atoms with van der Waals surface area (Å²) >= 11 is 0. The number of pyridine rings is 1. The van der Waals surface area contributed by atoms with E-state index in [2.05, 4.69) is 10.3 Å². The summed E-state index contributed by atoms with van der Waals surface area (Å²) in [4.78, 5) is 15.9. The van der Waals surface area contributed by atoms with E-state index in [1.54, 1.807) is 49.7 Å². The van der Waals surface area contributed by atoms with Crippen molar-refractivity contribution in [2.24, 2.45) is 0 Å². The Kier molecular flexibility index (Phi) is 3.35. The molecule has 2 aromatic rings. The summed E-state index contributed by atoms with van der Waals surface area (Å²) in [6.45, 7) is 0. The van der Waals surface area contributed by atoms with Crippen LogP contribution in [0.2, 0.25) is 0 Å². The van der Waals surface area contributed by atoms with E-state index < -0.39 is 0 Å². The van der Waals surface area contributed by atoms with Crippen molar-refractivity contribution in [2.45, 2.75) is 0 Å². The number of aromatic nitrogens is 1. The maximum absolute atomic E-state index is 11.9. The Balaban J connectivity index is 2.14. The van der Waals surface area contributed by atoms with Crippen LogP contribution in [0.4, 0.5) is 5.82 Å². The third-order valence-electron chi connectivity index (χ3n) is 2.24. The number of anilines is 1. The lowest BCUT2D eigenvalue weighted by Gasteiger charge is -2.05. The Labute approximate surface area is 99.3 Å². The van der Waals surface area contributed by atoms with Gasteiger partial charge < -0.3 is 10.1 Å². The molecule has 0 atom stereocenters. The van der Waals surface area contributed by atoms with E-state index in [4.69, 9.17) is 4.74 Å². The molecule has 0 aliphatic rings. The summed E-state index contributed by atoms with van der Waals surface area (Å²) in [5.74, 6) is 0.974. The van der Waals surface area contributed by atoms with Crippen LogP contribution < -0.4 is 10.1 Å². The van der Waals surface area contributed by atoms with Gasteiger partial charge in [0.2, 0.25) is 0 Å². The zero-order valence-electron chi connectivity index (χ0n) is 9.38. The Hall–Kier alpha value is -2.36. The highest BCUT2D eigenvalue weighted by molar-refractivity contribution is 6.03. The third-order valence-corrected chi connectivity index (χ3v) is 2.24. The normalized spacial score (nSPS) is 9.71. The largest absolute Gasteiger partial charge is 0.497 e. The van der Waals surface area contributed by atoms with Gasteiger partial charge in [0.15, 0.2) is 0 Å². The van der Waals surface area contributed by atoms with Crippen molar-refractivity contribution in [1.82, 2.24) is 4.98 Å². The lowest BCUT2D eigenvalue weighted by atomic mass is 10.2. The SMILES string of the molecule is COc1cccc(C(=O)Nc2ccccn2)c1. The number of carbonyl (C=O) groups excluding carboxylic acids is 1. The van der Waals surface area contributed by atoms with Crippen LogP contribution in [-0.2, 0) is 0 Å². The predicted octanol–water partition coefficient (Wildman–Crippen LogP) is 2.34. The minimum Gasteiger partial charge on any atom is -0.497 e. The van der Waals surface area contributed by atoms with Gasteiger partial charge in [0.1, 0.15) is 11.6 Å². The molecular formula is C13H12N2O2. The van der Waals surface area contributed by atoms with E-state index in [0.29, 0.717) is 17.1 Å². The zero-order valence-corrected chi connectivity index (χ0v) is 9.38. The van der Waals surface area contributed by atoms with Crippen molar-refractivity contribution in [3.63, 3.8) is 0 Å². The standard InChI is InChI=1S/C13H12N2O2/c1-17-11-6-4-5-10(9-11)13(16)15-12-7-2-3-8-14-12/h2-9H,1H3,(H,14,15,16). The van der Waals surface area contributed by atoms with Crippen LogP contribution >= 0.6 is 0 Å². The number of amides is 1. The highest BCUT2D eigenvalue weighted by Crippen LogP contribution is 2.13. The number of carbonyl (C=O) groups is 1. The molecule has 17 heavy (non-hydrogen) atoms. The summed E-state index contributed by atoms with van der Waals surface area (Å²) in [5.41, 5.74) is 0.537. The molecule has 4 heteroatoms. The molecule has 1 aromatic carbocycles.